The number of benzene rings is 4. The van der Waals surface area contributed by atoms with Crippen LogP contribution in [-0.4, -0.2) is 21.9 Å². The second-order valence-corrected chi connectivity index (χ2v) is 10.2. The Morgan fingerprint density at radius 1 is 0.791 bits per heavy atom. The zero-order valence-electron chi connectivity index (χ0n) is 22.8. The van der Waals surface area contributed by atoms with Crippen LogP contribution in [0.25, 0.3) is 43.5 Å². The van der Waals surface area contributed by atoms with Crippen molar-refractivity contribution in [1.82, 2.24) is 0 Å². The van der Waals surface area contributed by atoms with Crippen molar-refractivity contribution in [2.75, 3.05) is 6.61 Å². The van der Waals surface area contributed by atoms with Gasteiger partial charge in [0.2, 0.25) is 0 Å². The quantitative estimate of drug-likeness (QED) is 0.118. The first-order valence-electron chi connectivity index (χ1n) is 13.4. The number of aryl methyl sites for hydroxylation is 1. The number of aromatic hydroxyl groups is 2. The van der Waals surface area contributed by atoms with E-state index < -0.39 is 23.7 Å². The summed E-state index contributed by atoms with van der Waals surface area (Å²) >= 11 is 0. The Balaban J connectivity index is 0.000000153. The fraction of sp³-hybridized carbons (Fsp3) is 0.143. The number of phenolic OH excluding ortho intramolecular Hbond substituents is 2. The molecule has 0 radical (unpaired) electrons. The Labute approximate surface area is 243 Å². The van der Waals surface area contributed by atoms with Crippen molar-refractivity contribution in [2.45, 2.75) is 19.8 Å². The summed E-state index contributed by atoms with van der Waals surface area (Å²) in [6.07, 6.45) is 2.35. The zero-order chi connectivity index (χ0) is 30.2. The number of hydrogen-bond acceptors (Lipinski definition) is 7. The predicted molar refractivity (Wildman–Crippen MR) is 162 cm³/mol. The largest absolute Gasteiger partial charge is 0.508 e. The molecule has 0 unspecified atom stereocenters. The Hall–Kier alpha value is -5.57. The van der Waals surface area contributed by atoms with E-state index in [0.29, 0.717) is 33.2 Å². The van der Waals surface area contributed by atoms with Crippen LogP contribution in [0.4, 0.5) is 4.39 Å². The van der Waals surface area contributed by atoms with E-state index in [4.69, 9.17) is 13.9 Å². The van der Waals surface area contributed by atoms with Crippen LogP contribution < -0.4 is 11.3 Å². The average molecular weight is 575 g/mol. The molecule has 0 spiro atoms. The topological polar surface area (TPSA) is 121 Å². The number of fused-ring (bicyclic) bond motifs is 6. The van der Waals surface area contributed by atoms with Gasteiger partial charge in [-0.25, -0.2) is 14.0 Å². The molecule has 1 saturated carbocycles. The van der Waals surface area contributed by atoms with E-state index in [1.165, 1.54) is 37.1 Å². The highest BCUT2D eigenvalue weighted by molar-refractivity contribution is 6.06. The molecule has 1 aliphatic rings. The predicted octanol–water partition coefficient (Wildman–Crippen LogP) is 5.86. The van der Waals surface area contributed by atoms with Crippen molar-refractivity contribution in [1.29, 1.82) is 0 Å². The molecule has 2 heterocycles. The second-order valence-electron chi connectivity index (χ2n) is 10.2. The maximum atomic E-state index is 14.1. The Kier molecular flexibility index (Phi) is 7.07. The second kappa shape index (κ2) is 11.0. The van der Waals surface area contributed by atoms with E-state index in [9.17, 15) is 24.2 Å². The van der Waals surface area contributed by atoms with E-state index in [-0.39, 0.29) is 28.0 Å². The molecule has 6 aromatic rings. The van der Waals surface area contributed by atoms with Gasteiger partial charge in [-0.1, -0.05) is 29.7 Å². The molecular weight excluding hydrogens is 551 g/mol. The average Bonchev–Trinajstić information content (AvgIpc) is 3.81. The number of aliphatic hydroxyl groups is 1. The molecule has 4 aromatic carbocycles. The van der Waals surface area contributed by atoms with Gasteiger partial charge in [-0.2, -0.15) is 0 Å². The van der Waals surface area contributed by atoms with Crippen molar-refractivity contribution in [3.63, 3.8) is 0 Å². The highest BCUT2D eigenvalue weighted by atomic mass is 19.1. The maximum Gasteiger partial charge on any atom is 0.344 e. The summed E-state index contributed by atoms with van der Waals surface area (Å²) in [6, 6.07) is 15.9. The zero-order valence-corrected chi connectivity index (χ0v) is 22.8. The van der Waals surface area contributed by atoms with Crippen molar-refractivity contribution < 1.29 is 28.5 Å². The van der Waals surface area contributed by atoms with Crippen LogP contribution in [0.15, 0.2) is 79.1 Å². The molecule has 0 atom stereocenters. The van der Waals surface area contributed by atoms with Crippen LogP contribution in [0.5, 0.6) is 11.5 Å². The Bertz CT molecular complexity index is 2340. The number of phenols is 2. The lowest BCUT2D eigenvalue weighted by molar-refractivity contribution is 0.350. The smallest absolute Gasteiger partial charge is 0.344 e. The van der Waals surface area contributed by atoms with Crippen molar-refractivity contribution in [3.8, 4) is 35.2 Å². The molecule has 0 saturated heterocycles. The van der Waals surface area contributed by atoms with Crippen LogP contribution in [0.1, 0.15) is 29.5 Å². The molecular formula is C35H23FO7. The van der Waals surface area contributed by atoms with E-state index in [2.05, 4.69) is 23.7 Å². The molecule has 1 fully saturated rings. The minimum Gasteiger partial charge on any atom is -0.508 e. The van der Waals surface area contributed by atoms with Gasteiger partial charge in [0.25, 0.3) is 0 Å². The summed E-state index contributed by atoms with van der Waals surface area (Å²) in [5, 5.41) is 31.1. The third-order valence-electron chi connectivity index (χ3n) is 7.12. The van der Waals surface area contributed by atoms with Crippen LogP contribution in [0.2, 0.25) is 0 Å². The van der Waals surface area contributed by atoms with Gasteiger partial charge in [0.05, 0.1) is 16.3 Å². The Morgan fingerprint density at radius 3 is 2.21 bits per heavy atom. The van der Waals surface area contributed by atoms with E-state index in [1.807, 2.05) is 12.1 Å². The highest BCUT2D eigenvalue weighted by Gasteiger charge is 2.18. The molecule has 212 valence electrons. The first-order valence-corrected chi connectivity index (χ1v) is 13.4. The van der Waals surface area contributed by atoms with Gasteiger partial charge in [0.1, 0.15) is 35.1 Å². The monoisotopic (exact) mass is 574 g/mol. The third-order valence-corrected chi connectivity index (χ3v) is 7.12. The van der Waals surface area contributed by atoms with Gasteiger partial charge in [-0.15, -0.1) is 0 Å². The summed E-state index contributed by atoms with van der Waals surface area (Å²) in [6.45, 7) is 1.30. The van der Waals surface area contributed by atoms with Crippen molar-refractivity contribution >= 4 is 43.5 Å². The van der Waals surface area contributed by atoms with Gasteiger partial charge in [-0.3, -0.25) is 0 Å². The lowest BCUT2D eigenvalue weighted by Crippen LogP contribution is -2.01. The summed E-state index contributed by atoms with van der Waals surface area (Å²) in [7, 11) is 0. The van der Waals surface area contributed by atoms with E-state index in [1.54, 1.807) is 31.2 Å². The number of halogens is 1. The van der Waals surface area contributed by atoms with Crippen molar-refractivity contribution in [3.05, 3.63) is 104 Å². The number of hydrogen-bond donors (Lipinski definition) is 3. The van der Waals surface area contributed by atoms with Gasteiger partial charge in [0, 0.05) is 45.2 Å². The van der Waals surface area contributed by atoms with Gasteiger partial charge in [-0.05, 0) is 67.8 Å². The van der Waals surface area contributed by atoms with Crippen LogP contribution >= 0.6 is 0 Å². The first-order chi connectivity index (χ1) is 20.7. The third kappa shape index (κ3) is 5.52. The van der Waals surface area contributed by atoms with Crippen molar-refractivity contribution in [2.24, 2.45) is 5.92 Å². The lowest BCUT2D eigenvalue weighted by atomic mass is 10.0. The summed E-state index contributed by atoms with van der Waals surface area (Å²) < 4.78 is 24.6. The molecule has 0 aliphatic heterocycles. The van der Waals surface area contributed by atoms with Gasteiger partial charge >= 0.3 is 11.3 Å². The summed E-state index contributed by atoms with van der Waals surface area (Å²) in [5.74, 6) is 11.1. The molecule has 7 nitrogen and oxygen atoms in total. The maximum absolute atomic E-state index is 14.1. The fourth-order valence-electron chi connectivity index (χ4n) is 4.73. The minimum absolute atomic E-state index is 0.000838. The van der Waals surface area contributed by atoms with E-state index in [0.717, 1.165) is 16.3 Å². The van der Waals surface area contributed by atoms with Crippen LogP contribution in [-0.2, 0) is 0 Å². The molecule has 2 aromatic heterocycles. The first kappa shape index (κ1) is 27.6. The van der Waals surface area contributed by atoms with E-state index >= 15 is 0 Å². The Morgan fingerprint density at radius 2 is 1.49 bits per heavy atom. The molecule has 0 bridgehead atoms. The molecule has 43 heavy (non-hydrogen) atoms. The summed E-state index contributed by atoms with van der Waals surface area (Å²) in [4.78, 5) is 24.2. The SMILES string of the molecule is Cc1cc2c(cc1O)oc(=O)c1cc(C#CCO)c(F)cc12.O=c1oc2cc(O)ccc2c2ccc(C#CC3CC3)cc12. The highest BCUT2D eigenvalue weighted by Crippen LogP contribution is 2.31. The summed E-state index contributed by atoms with van der Waals surface area (Å²) in [5.41, 5.74) is 0.977. The molecule has 1 aliphatic carbocycles. The normalized spacial score (nSPS) is 12.3. The minimum atomic E-state index is -0.641. The van der Waals surface area contributed by atoms with Gasteiger partial charge in [0.15, 0.2) is 0 Å². The number of aliphatic hydroxyl groups excluding tert-OH is 1. The molecule has 3 N–H and O–H groups in total. The van der Waals surface area contributed by atoms with Gasteiger partial charge < -0.3 is 24.2 Å². The number of rotatable bonds is 0. The van der Waals surface area contributed by atoms with Crippen LogP contribution in [0, 0.1) is 42.3 Å². The molecule has 8 heteroatoms. The molecule has 0 amide bonds. The van der Waals surface area contributed by atoms with Crippen LogP contribution in [0.3, 0.4) is 0 Å². The fourth-order valence-corrected chi connectivity index (χ4v) is 4.73. The molecule has 7 rings (SSSR count). The lowest BCUT2D eigenvalue weighted by Gasteiger charge is -2.06. The standard InChI is InChI=1S/C18H12O3.C17H11FO4/c19-13-6-8-15-14-7-5-12(4-3-11-1-2-11)9-16(14)18(20)21-17(15)10-13;1-9-5-12-11-7-14(18)10(3-2-4-19)6-13(11)17(21)22-16(12)8-15(9)20/h5-11,19H,1-2H2;5-8,19-20H,4H2,1H3.